The zero-order chi connectivity index (χ0) is 19.2. The van der Waals surface area contributed by atoms with E-state index in [0.29, 0.717) is 37.1 Å². The van der Waals surface area contributed by atoms with Crippen LogP contribution in [-0.4, -0.2) is 73.6 Å². The van der Waals surface area contributed by atoms with Gasteiger partial charge in [-0.25, -0.2) is 4.98 Å². The highest BCUT2D eigenvalue weighted by Gasteiger charge is 2.22. The third kappa shape index (κ3) is 4.95. The Labute approximate surface area is 161 Å². The molecule has 0 spiro atoms. The molecule has 0 atom stereocenters. The number of hydrogen-bond donors (Lipinski definition) is 1. The molecule has 2 heterocycles. The lowest BCUT2D eigenvalue weighted by Gasteiger charge is -2.28. The zero-order valence-corrected chi connectivity index (χ0v) is 16.1. The molecule has 1 aromatic heterocycles. The molecule has 0 bridgehead atoms. The van der Waals surface area contributed by atoms with Gasteiger partial charge in [-0.05, 0) is 24.3 Å². The van der Waals surface area contributed by atoms with Crippen molar-refractivity contribution >= 4 is 34.0 Å². The van der Waals surface area contributed by atoms with Gasteiger partial charge in [-0.15, -0.1) is 11.3 Å². The van der Waals surface area contributed by atoms with E-state index in [-0.39, 0.29) is 18.4 Å². The van der Waals surface area contributed by atoms with Crippen LogP contribution < -0.4 is 10.1 Å². The van der Waals surface area contributed by atoms with Gasteiger partial charge in [0.2, 0.25) is 5.91 Å². The fourth-order valence-electron chi connectivity index (χ4n) is 2.61. The van der Waals surface area contributed by atoms with Crippen molar-refractivity contribution < 1.29 is 19.1 Å². The van der Waals surface area contributed by atoms with Crippen LogP contribution in [0.2, 0.25) is 0 Å². The Morgan fingerprint density at radius 1 is 1.30 bits per heavy atom. The van der Waals surface area contributed by atoms with Crippen molar-refractivity contribution in [2.75, 3.05) is 52.3 Å². The highest BCUT2D eigenvalue weighted by atomic mass is 32.1. The lowest BCUT2D eigenvalue weighted by atomic mass is 10.3. The summed E-state index contributed by atoms with van der Waals surface area (Å²) in [5, 5.41) is 5.45. The number of benzene rings is 1. The van der Waals surface area contributed by atoms with Crippen LogP contribution in [0.15, 0.2) is 29.6 Å². The lowest BCUT2D eigenvalue weighted by Crippen LogP contribution is -2.46. The monoisotopic (exact) mass is 390 g/mol. The Morgan fingerprint density at radius 3 is 2.67 bits per heavy atom. The van der Waals surface area contributed by atoms with Gasteiger partial charge in [-0.2, -0.15) is 0 Å². The minimum atomic E-state index is -0.282. The van der Waals surface area contributed by atoms with E-state index in [9.17, 15) is 9.59 Å². The molecule has 27 heavy (non-hydrogen) atoms. The van der Waals surface area contributed by atoms with Gasteiger partial charge in [-0.3, -0.25) is 9.59 Å². The van der Waals surface area contributed by atoms with Gasteiger partial charge in [0, 0.05) is 31.2 Å². The molecule has 0 aliphatic carbocycles. The van der Waals surface area contributed by atoms with E-state index in [0.717, 1.165) is 11.4 Å². The van der Waals surface area contributed by atoms with Crippen LogP contribution in [0.1, 0.15) is 10.5 Å². The number of hydrogen-bond acceptors (Lipinski definition) is 7. The Balaban J connectivity index is 1.57. The number of aromatic nitrogens is 1. The van der Waals surface area contributed by atoms with Gasteiger partial charge in [0.1, 0.15) is 11.4 Å². The van der Waals surface area contributed by atoms with Crippen molar-refractivity contribution in [3.8, 4) is 5.75 Å². The molecule has 8 nitrogen and oxygen atoms in total. The summed E-state index contributed by atoms with van der Waals surface area (Å²) in [5.41, 5.74) is 1.16. The van der Waals surface area contributed by atoms with Crippen LogP contribution in [0.4, 0.5) is 10.8 Å². The van der Waals surface area contributed by atoms with Crippen LogP contribution in [-0.2, 0) is 9.53 Å². The van der Waals surface area contributed by atoms with Crippen molar-refractivity contribution in [3.63, 3.8) is 0 Å². The normalized spacial score (nSPS) is 13.9. The van der Waals surface area contributed by atoms with Crippen molar-refractivity contribution in [2.45, 2.75) is 0 Å². The number of thiazole rings is 1. The molecule has 9 heteroatoms. The molecule has 2 amide bonds. The number of ether oxygens (including phenoxy) is 2. The van der Waals surface area contributed by atoms with Crippen LogP contribution in [0, 0.1) is 0 Å². The van der Waals surface area contributed by atoms with E-state index in [1.807, 2.05) is 24.3 Å². The highest BCUT2D eigenvalue weighted by molar-refractivity contribution is 7.14. The number of nitrogens with one attached hydrogen (secondary N) is 1. The van der Waals surface area contributed by atoms with Gasteiger partial charge >= 0.3 is 0 Å². The molecule has 0 radical (unpaired) electrons. The summed E-state index contributed by atoms with van der Waals surface area (Å²) < 4.78 is 10.4. The van der Waals surface area contributed by atoms with Crippen molar-refractivity contribution in [1.82, 2.24) is 14.8 Å². The topological polar surface area (TPSA) is 84.0 Å². The predicted octanol–water partition coefficient (Wildman–Crippen LogP) is 1.83. The first kappa shape index (κ1) is 19.1. The van der Waals surface area contributed by atoms with Gasteiger partial charge in [0.15, 0.2) is 5.13 Å². The van der Waals surface area contributed by atoms with E-state index in [1.165, 1.54) is 16.2 Å². The molecule has 1 saturated heterocycles. The van der Waals surface area contributed by atoms with E-state index in [2.05, 4.69) is 10.3 Å². The average Bonchev–Trinajstić information content (AvgIpc) is 3.17. The number of nitrogens with zero attached hydrogens (tertiary/aromatic N) is 3. The molecule has 1 aliphatic heterocycles. The average molecular weight is 390 g/mol. The zero-order valence-electron chi connectivity index (χ0n) is 15.3. The van der Waals surface area contributed by atoms with Gasteiger partial charge in [-0.1, -0.05) is 0 Å². The van der Waals surface area contributed by atoms with Crippen LogP contribution in [0.3, 0.4) is 0 Å². The van der Waals surface area contributed by atoms with Crippen LogP contribution >= 0.6 is 11.3 Å². The minimum Gasteiger partial charge on any atom is -0.497 e. The molecule has 3 rings (SSSR count). The predicted molar refractivity (Wildman–Crippen MR) is 103 cm³/mol. The van der Waals surface area contributed by atoms with Crippen molar-refractivity contribution in [2.24, 2.45) is 0 Å². The lowest BCUT2D eigenvalue weighted by molar-refractivity contribution is -0.135. The summed E-state index contributed by atoms with van der Waals surface area (Å²) in [6.45, 7) is 2.23. The summed E-state index contributed by atoms with van der Waals surface area (Å²) in [7, 11) is 3.22. The SMILES string of the molecule is COc1ccc(Nc2nc(C(=O)N(C)CC(=O)N3CCOCC3)cs2)cc1. The number of methoxy groups -OCH3 is 1. The van der Waals surface area contributed by atoms with E-state index in [1.54, 1.807) is 24.4 Å². The van der Waals surface area contributed by atoms with Gasteiger partial charge < -0.3 is 24.6 Å². The standard InChI is InChI=1S/C18H22N4O4S/c1-21(11-16(23)22-7-9-26-10-8-22)17(24)15-12-27-18(20-15)19-13-3-5-14(25-2)6-4-13/h3-6,12H,7-11H2,1-2H3,(H,19,20). The number of carbonyl (C=O) groups excluding carboxylic acids is 2. The number of rotatable bonds is 6. The first-order valence-corrected chi connectivity index (χ1v) is 9.42. The molecule has 1 N–H and O–H groups in total. The van der Waals surface area contributed by atoms with Gasteiger partial charge in [0.25, 0.3) is 5.91 Å². The Hall–Kier alpha value is -2.65. The first-order valence-electron chi connectivity index (χ1n) is 8.54. The van der Waals surface area contributed by atoms with E-state index < -0.39 is 0 Å². The number of amides is 2. The molecule has 144 valence electrons. The number of anilines is 2. The summed E-state index contributed by atoms with van der Waals surface area (Å²) in [6, 6.07) is 7.42. The highest BCUT2D eigenvalue weighted by Crippen LogP contribution is 2.23. The summed E-state index contributed by atoms with van der Waals surface area (Å²) in [6.07, 6.45) is 0. The molecule has 0 saturated carbocycles. The largest absolute Gasteiger partial charge is 0.497 e. The number of morpholine rings is 1. The second-order valence-electron chi connectivity index (χ2n) is 6.05. The fourth-order valence-corrected chi connectivity index (χ4v) is 3.31. The quantitative estimate of drug-likeness (QED) is 0.810. The second-order valence-corrected chi connectivity index (χ2v) is 6.90. The summed E-state index contributed by atoms with van der Waals surface area (Å²) in [5.74, 6) is 0.402. The van der Waals surface area contributed by atoms with Crippen LogP contribution in [0.5, 0.6) is 5.75 Å². The Bertz CT molecular complexity index is 787. The van der Waals surface area contributed by atoms with E-state index >= 15 is 0 Å². The molecule has 0 unspecified atom stereocenters. The Morgan fingerprint density at radius 2 is 2.00 bits per heavy atom. The van der Waals surface area contributed by atoms with Crippen molar-refractivity contribution in [1.29, 1.82) is 0 Å². The minimum absolute atomic E-state index is 0.0254. The van der Waals surface area contributed by atoms with E-state index in [4.69, 9.17) is 9.47 Å². The summed E-state index contributed by atoms with van der Waals surface area (Å²) >= 11 is 1.33. The maximum atomic E-state index is 12.5. The third-order valence-corrected chi connectivity index (χ3v) is 4.91. The maximum absolute atomic E-state index is 12.5. The maximum Gasteiger partial charge on any atom is 0.273 e. The smallest absolute Gasteiger partial charge is 0.273 e. The number of carbonyl (C=O) groups is 2. The first-order chi connectivity index (χ1) is 13.1. The van der Waals surface area contributed by atoms with Gasteiger partial charge in [0.05, 0.1) is 26.9 Å². The molecule has 2 aromatic rings. The Kier molecular flexibility index (Phi) is 6.25. The van der Waals surface area contributed by atoms with Crippen molar-refractivity contribution in [3.05, 3.63) is 35.3 Å². The molecular weight excluding hydrogens is 368 g/mol. The third-order valence-electron chi connectivity index (χ3n) is 4.15. The molecular formula is C18H22N4O4S. The molecule has 1 aliphatic rings. The van der Waals surface area contributed by atoms with Crippen LogP contribution in [0.25, 0.3) is 0 Å². The molecule has 1 aromatic carbocycles. The second kappa shape index (κ2) is 8.83. The fraction of sp³-hybridized carbons (Fsp3) is 0.389. The molecule has 1 fully saturated rings. The number of likely N-dealkylation sites (N-methyl/N-ethyl adjacent to an activating group) is 1. The summed E-state index contributed by atoms with van der Waals surface area (Å²) in [4.78, 5) is 32.3.